The van der Waals surface area contributed by atoms with Gasteiger partial charge in [0, 0.05) is 40.8 Å². The molecule has 17 heavy (non-hydrogen) atoms. The number of nitrogens with zero attached hydrogens (tertiary/aromatic N) is 2. The number of aromatic nitrogens is 2. The normalized spacial score (nSPS) is 12.8. The summed E-state index contributed by atoms with van der Waals surface area (Å²) in [5.74, 6) is 3.22. The van der Waals surface area contributed by atoms with Crippen LogP contribution >= 0.6 is 15.9 Å². The minimum Gasteiger partial charge on any atom is -0.369 e. The first-order valence-corrected chi connectivity index (χ1v) is 7.94. The summed E-state index contributed by atoms with van der Waals surface area (Å²) in [5, 5.41) is 3.17. The van der Waals surface area contributed by atoms with Crippen molar-refractivity contribution in [3.63, 3.8) is 0 Å². The van der Waals surface area contributed by atoms with Crippen molar-refractivity contribution in [1.29, 1.82) is 0 Å². The molecule has 1 atom stereocenters. The Morgan fingerprint density at radius 2 is 2.18 bits per heavy atom. The second-order valence-electron chi connectivity index (χ2n) is 3.95. The van der Waals surface area contributed by atoms with Crippen LogP contribution in [-0.4, -0.2) is 32.2 Å². The Labute approximate surface area is 113 Å². The molecule has 0 bridgehead atoms. The van der Waals surface area contributed by atoms with Gasteiger partial charge in [0.05, 0.1) is 0 Å². The van der Waals surface area contributed by atoms with Gasteiger partial charge in [-0.25, -0.2) is 9.97 Å². The Morgan fingerprint density at radius 3 is 2.76 bits per heavy atom. The molecule has 1 heterocycles. The molecule has 0 amide bonds. The highest BCUT2D eigenvalue weighted by Crippen LogP contribution is 2.17. The van der Waals surface area contributed by atoms with E-state index in [0.29, 0.717) is 18.1 Å². The number of rotatable bonds is 6. The highest BCUT2D eigenvalue weighted by atomic mass is 79.9. The van der Waals surface area contributed by atoms with Gasteiger partial charge in [-0.1, -0.05) is 20.8 Å². The van der Waals surface area contributed by atoms with Crippen molar-refractivity contribution in [3.05, 3.63) is 16.5 Å². The maximum Gasteiger partial charge on any atom is 0.134 e. The Morgan fingerprint density at radius 1 is 1.47 bits per heavy atom. The lowest BCUT2D eigenvalue weighted by molar-refractivity contribution is 0.684. The molecule has 96 valence electrons. The zero-order valence-electron chi connectivity index (χ0n) is 10.4. The average molecular weight is 320 g/mol. The molecule has 0 aliphatic rings. The van der Waals surface area contributed by atoms with Gasteiger partial charge >= 0.3 is 0 Å². The van der Waals surface area contributed by atoms with E-state index < -0.39 is 10.8 Å². The second kappa shape index (κ2) is 7.06. The van der Waals surface area contributed by atoms with Crippen molar-refractivity contribution in [1.82, 2.24) is 9.97 Å². The molecule has 6 heteroatoms. The summed E-state index contributed by atoms with van der Waals surface area (Å²) < 4.78 is 12.0. The lowest BCUT2D eigenvalue weighted by atomic mass is 10.2. The third-order valence-electron chi connectivity index (χ3n) is 2.19. The lowest BCUT2D eigenvalue weighted by Crippen LogP contribution is -2.13. The van der Waals surface area contributed by atoms with Crippen LogP contribution < -0.4 is 5.32 Å². The van der Waals surface area contributed by atoms with Gasteiger partial charge in [-0.2, -0.15) is 0 Å². The molecule has 0 saturated heterocycles. The van der Waals surface area contributed by atoms with Gasteiger partial charge in [0.25, 0.3) is 0 Å². The lowest BCUT2D eigenvalue weighted by Gasteiger charge is -2.09. The monoisotopic (exact) mass is 319 g/mol. The van der Waals surface area contributed by atoms with Crippen LogP contribution in [0, 0.1) is 0 Å². The Hall–Kier alpha value is -0.490. The summed E-state index contributed by atoms with van der Waals surface area (Å²) in [6.45, 7) is 6.70. The molecule has 1 N–H and O–H groups in total. The van der Waals surface area contributed by atoms with Gasteiger partial charge in [0.2, 0.25) is 0 Å². The van der Waals surface area contributed by atoms with E-state index in [9.17, 15) is 4.21 Å². The van der Waals surface area contributed by atoms with Crippen LogP contribution in [0.1, 0.15) is 32.5 Å². The minimum atomic E-state index is -0.738. The quantitative estimate of drug-likeness (QED) is 0.819. The smallest absolute Gasteiger partial charge is 0.134 e. The largest absolute Gasteiger partial charge is 0.369 e. The third kappa shape index (κ3) is 5.12. The van der Waals surface area contributed by atoms with Crippen molar-refractivity contribution in [3.8, 4) is 0 Å². The molecule has 0 radical (unpaired) electrons. The number of hydrogen-bond acceptors (Lipinski definition) is 4. The molecular formula is C11H18BrN3OS. The fourth-order valence-corrected chi connectivity index (χ4v) is 2.24. The van der Waals surface area contributed by atoms with Crippen LogP contribution in [-0.2, 0) is 10.8 Å². The van der Waals surface area contributed by atoms with E-state index in [1.165, 1.54) is 0 Å². The topological polar surface area (TPSA) is 54.9 Å². The van der Waals surface area contributed by atoms with Gasteiger partial charge < -0.3 is 5.32 Å². The molecule has 0 spiro atoms. The Bertz CT molecular complexity index is 398. The molecular weight excluding hydrogens is 302 g/mol. The Balaban J connectivity index is 2.62. The zero-order chi connectivity index (χ0) is 12.8. The summed E-state index contributed by atoms with van der Waals surface area (Å²) in [4.78, 5) is 8.70. The molecule has 0 saturated carbocycles. The first-order chi connectivity index (χ1) is 8.02. The number of nitrogens with one attached hydrogen (secondary N) is 1. The predicted octanol–water partition coefficient (Wildman–Crippen LogP) is 2.54. The first kappa shape index (κ1) is 14.6. The van der Waals surface area contributed by atoms with Crippen LogP contribution in [0.4, 0.5) is 5.82 Å². The summed E-state index contributed by atoms with van der Waals surface area (Å²) in [6.07, 6.45) is 0. The third-order valence-corrected chi connectivity index (χ3v) is 3.90. The van der Waals surface area contributed by atoms with E-state index in [0.717, 1.165) is 16.2 Å². The molecule has 1 rings (SSSR count). The molecule has 1 aromatic rings. The maximum atomic E-state index is 11.3. The van der Waals surface area contributed by atoms with Crippen molar-refractivity contribution >= 4 is 32.5 Å². The molecule has 0 aliphatic heterocycles. The van der Waals surface area contributed by atoms with E-state index in [4.69, 9.17) is 0 Å². The van der Waals surface area contributed by atoms with Crippen molar-refractivity contribution in [2.45, 2.75) is 26.7 Å². The minimum absolute atomic E-state index is 0.290. The van der Waals surface area contributed by atoms with Gasteiger partial charge in [-0.05, 0) is 15.9 Å². The van der Waals surface area contributed by atoms with Crippen LogP contribution in [0.3, 0.4) is 0 Å². The van der Waals surface area contributed by atoms with Crippen LogP contribution in [0.15, 0.2) is 10.7 Å². The Kier molecular flexibility index (Phi) is 6.05. The molecule has 1 unspecified atom stereocenters. The summed E-state index contributed by atoms with van der Waals surface area (Å²) >= 11 is 3.36. The van der Waals surface area contributed by atoms with Gasteiger partial charge in [-0.15, -0.1) is 0 Å². The van der Waals surface area contributed by atoms with E-state index in [1.807, 2.05) is 13.0 Å². The van der Waals surface area contributed by atoms with Crippen LogP contribution in [0.5, 0.6) is 0 Å². The predicted molar refractivity (Wildman–Crippen MR) is 75.9 cm³/mol. The number of anilines is 1. The summed E-state index contributed by atoms with van der Waals surface area (Å²) in [5.41, 5.74) is 0. The molecule has 0 aromatic carbocycles. The maximum absolute atomic E-state index is 11.3. The van der Waals surface area contributed by atoms with Gasteiger partial charge in [-0.3, -0.25) is 4.21 Å². The molecule has 1 aromatic heterocycles. The van der Waals surface area contributed by atoms with Gasteiger partial charge in [0.15, 0.2) is 0 Å². The van der Waals surface area contributed by atoms with Crippen molar-refractivity contribution < 1.29 is 4.21 Å². The van der Waals surface area contributed by atoms with Gasteiger partial charge in [0.1, 0.15) is 16.2 Å². The molecule has 0 fully saturated rings. The standard InChI is InChI=1S/C11H18BrN3OS/c1-4-17(16)6-5-13-10-7-9(12)14-11(15-10)8(2)3/h7-8H,4-6H2,1-3H3,(H,13,14,15). The highest BCUT2D eigenvalue weighted by molar-refractivity contribution is 9.10. The SMILES string of the molecule is CCS(=O)CCNc1cc(Br)nc(C(C)C)n1. The second-order valence-corrected chi connectivity index (χ2v) is 6.63. The first-order valence-electron chi connectivity index (χ1n) is 5.66. The average Bonchev–Trinajstić information content (AvgIpc) is 2.28. The van der Waals surface area contributed by atoms with Crippen molar-refractivity contribution in [2.75, 3.05) is 23.4 Å². The number of halogens is 1. The highest BCUT2D eigenvalue weighted by Gasteiger charge is 2.06. The number of hydrogen-bond donors (Lipinski definition) is 1. The van der Waals surface area contributed by atoms with Crippen molar-refractivity contribution in [2.24, 2.45) is 0 Å². The summed E-state index contributed by atoms with van der Waals surface area (Å²) in [7, 11) is -0.738. The summed E-state index contributed by atoms with van der Waals surface area (Å²) in [6, 6.07) is 1.83. The fourth-order valence-electron chi connectivity index (χ4n) is 1.22. The van der Waals surface area contributed by atoms with E-state index in [2.05, 4.69) is 45.1 Å². The van der Waals surface area contributed by atoms with Crippen LogP contribution in [0.2, 0.25) is 0 Å². The molecule has 0 aliphatic carbocycles. The zero-order valence-corrected chi connectivity index (χ0v) is 12.8. The fraction of sp³-hybridized carbons (Fsp3) is 0.636. The van der Waals surface area contributed by atoms with E-state index in [1.54, 1.807) is 0 Å². The van der Waals surface area contributed by atoms with E-state index >= 15 is 0 Å². The van der Waals surface area contributed by atoms with E-state index in [-0.39, 0.29) is 5.92 Å². The molecule has 4 nitrogen and oxygen atoms in total. The van der Waals surface area contributed by atoms with Crippen LogP contribution in [0.25, 0.3) is 0 Å².